The van der Waals surface area contributed by atoms with Crippen molar-refractivity contribution in [2.24, 2.45) is 7.05 Å². The third-order valence-electron chi connectivity index (χ3n) is 5.42. The van der Waals surface area contributed by atoms with Crippen LogP contribution in [-0.2, 0) is 24.9 Å². The number of benzene rings is 2. The molecule has 0 aliphatic carbocycles. The first-order chi connectivity index (χ1) is 14.5. The monoisotopic (exact) mass is 403 g/mol. The second-order valence-electron chi connectivity index (χ2n) is 7.53. The summed E-state index contributed by atoms with van der Waals surface area (Å²) < 4.78 is 10.4. The molecule has 0 saturated carbocycles. The molecule has 0 unspecified atom stereocenters. The molecule has 0 atom stereocenters. The van der Waals surface area contributed by atoms with Gasteiger partial charge in [-0.1, -0.05) is 36.4 Å². The summed E-state index contributed by atoms with van der Waals surface area (Å²) in [5, 5.41) is 0. The minimum Gasteiger partial charge on any atom is -0.383 e. The molecule has 4 aromatic rings. The molecule has 0 N–H and O–H groups in total. The average Bonchev–Trinajstić information content (AvgIpc) is 3.01. The van der Waals surface area contributed by atoms with Crippen LogP contribution < -0.4 is 11.2 Å². The minimum absolute atomic E-state index is 0.00784. The van der Waals surface area contributed by atoms with Gasteiger partial charge in [-0.15, -0.1) is 0 Å². The molecule has 6 nitrogen and oxygen atoms in total. The highest BCUT2D eigenvalue weighted by atomic mass is 16.5. The standard InChI is InChI=1S/C24H25N3O3/c1-17-13-20(16-25(2)23(17)28)19-9-10-21-22(14-19)27(15-18-7-5-4-6-8-18)24(29)26(21)11-12-30-3/h4-10,13-14,16H,11-12,15H2,1-3H3. The summed E-state index contributed by atoms with van der Waals surface area (Å²) in [7, 11) is 3.39. The maximum absolute atomic E-state index is 13.2. The van der Waals surface area contributed by atoms with Crippen LogP contribution in [-0.4, -0.2) is 27.4 Å². The summed E-state index contributed by atoms with van der Waals surface area (Å²) in [6, 6.07) is 17.9. The fourth-order valence-corrected chi connectivity index (χ4v) is 3.85. The number of pyridine rings is 1. The number of aryl methyl sites for hydroxylation is 2. The van der Waals surface area contributed by atoms with E-state index in [9.17, 15) is 9.59 Å². The van der Waals surface area contributed by atoms with E-state index >= 15 is 0 Å². The van der Waals surface area contributed by atoms with E-state index in [-0.39, 0.29) is 11.2 Å². The van der Waals surface area contributed by atoms with Crippen LogP contribution >= 0.6 is 0 Å². The molecule has 0 spiro atoms. The topological polar surface area (TPSA) is 58.2 Å². The summed E-state index contributed by atoms with van der Waals surface area (Å²) in [6.07, 6.45) is 1.83. The lowest BCUT2D eigenvalue weighted by molar-refractivity contribution is 0.187. The Morgan fingerprint density at radius 1 is 0.900 bits per heavy atom. The van der Waals surface area contributed by atoms with Gasteiger partial charge in [-0.3, -0.25) is 13.9 Å². The normalized spacial score (nSPS) is 11.3. The Bertz CT molecular complexity index is 1290. The quantitative estimate of drug-likeness (QED) is 0.497. The summed E-state index contributed by atoms with van der Waals surface area (Å²) in [5.41, 5.74) is 5.34. The van der Waals surface area contributed by atoms with Crippen molar-refractivity contribution in [3.8, 4) is 11.1 Å². The lowest BCUT2D eigenvalue weighted by atomic mass is 10.1. The first-order valence-electron chi connectivity index (χ1n) is 9.93. The zero-order valence-electron chi connectivity index (χ0n) is 17.5. The number of ether oxygens (including phenoxy) is 1. The lowest BCUT2D eigenvalue weighted by Crippen LogP contribution is -2.26. The smallest absolute Gasteiger partial charge is 0.329 e. The molecule has 30 heavy (non-hydrogen) atoms. The first-order valence-corrected chi connectivity index (χ1v) is 9.93. The molecule has 2 aromatic heterocycles. The number of hydrogen-bond acceptors (Lipinski definition) is 3. The van der Waals surface area contributed by atoms with Gasteiger partial charge in [0.05, 0.1) is 30.7 Å². The molecule has 0 fully saturated rings. The van der Waals surface area contributed by atoms with Crippen molar-refractivity contribution in [1.29, 1.82) is 0 Å². The number of aromatic nitrogens is 3. The molecule has 0 amide bonds. The molecule has 0 radical (unpaired) electrons. The Kier molecular flexibility index (Phi) is 5.42. The third kappa shape index (κ3) is 3.62. The van der Waals surface area contributed by atoms with Crippen LogP contribution in [0.1, 0.15) is 11.1 Å². The maximum atomic E-state index is 13.2. The Morgan fingerprint density at radius 2 is 1.67 bits per heavy atom. The number of methoxy groups -OCH3 is 1. The molecular formula is C24H25N3O3. The molecule has 0 aliphatic heterocycles. The van der Waals surface area contributed by atoms with E-state index in [1.54, 1.807) is 27.9 Å². The summed E-state index contributed by atoms with van der Waals surface area (Å²) in [4.78, 5) is 25.3. The predicted octanol–water partition coefficient (Wildman–Crippen LogP) is 3.17. The van der Waals surface area contributed by atoms with Crippen molar-refractivity contribution in [3.63, 3.8) is 0 Å². The number of nitrogens with zero attached hydrogens (tertiary/aromatic N) is 3. The van der Waals surface area contributed by atoms with Crippen molar-refractivity contribution in [2.75, 3.05) is 13.7 Å². The van der Waals surface area contributed by atoms with E-state index in [0.717, 1.165) is 27.7 Å². The SMILES string of the molecule is COCCn1c(=O)n(Cc2ccccc2)c2cc(-c3cc(C)c(=O)n(C)c3)ccc21. The van der Waals surface area contributed by atoms with Gasteiger partial charge >= 0.3 is 5.69 Å². The molecule has 0 bridgehead atoms. The summed E-state index contributed by atoms with van der Waals surface area (Å²) in [6.45, 7) is 3.26. The van der Waals surface area contributed by atoms with Gasteiger partial charge in [-0.25, -0.2) is 4.79 Å². The molecule has 0 saturated heterocycles. The highest BCUT2D eigenvalue weighted by Gasteiger charge is 2.15. The van der Waals surface area contributed by atoms with Crippen LogP contribution in [0.5, 0.6) is 0 Å². The lowest BCUT2D eigenvalue weighted by Gasteiger charge is -2.08. The van der Waals surface area contributed by atoms with Gasteiger partial charge < -0.3 is 9.30 Å². The van der Waals surface area contributed by atoms with E-state index in [1.807, 2.05) is 67.7 Å². The van der Waals surface area contributed by atoms with E-state index in [1.165, 1.54) is 0 Å². The minimum atomic E-state index is -0.0558. The van der Waals surface area contributed by atoms with E-state index in [2.05, 4.69) is 0 Å². The predicted molar refractivity (Wildman–Crippen MR) is 119 cm³/mol. The number of fused-ring (bicyclic) bond motifs is 1. The molecule has 0 aliphatic rings. The van der Waals surface area contributed by atoms with Crippen LogP contribution in [0.4, 0.5) is 0 Å². The molecule has 4 rings (SSSR count). The van der Waals surface area contributed by atoms with Crippen LogP contribution in [0.2, 0.25) is 0 Å². The van der Waals surface area contributed by atoms with Crippen molar-refractivity contribution in [2.45, 2.75) is 20.0 Å². The van der Waals surface area contributed by atoms with Gasteiger partial charge in [0, 0.05) is 25.9 Å². The number of imidazole rings is 1. The van der Waals surface area contributed by atoms with Gasteiger partial charge in [-0.2, -0.15) is 0 Å². The molecule has 2 aromatic carbocycles. The Morgan fingerprint density at radius 3 is 2.37 bits per heavy atom. The third-order valence-corrected chi connectivity index (χ3v) is 5.42. The van der Waals surface area contributed by atoms with Crippen LogP contribution in [0.15, 0.2) is 70.4 Å². The number of rotatable bonds is 6. The average molecular weight is 403 g/mol. The van der Waals surface area contributed by atoms with Crippen molar-refractivity contribution < 1.29 is 4.74 Å². The van der Waals surface area contributed by atoms with Gasteiger partial charge in [0.1, 0.15) is 0 Å². The van der Waals surface area contributed by atoms with Crippen LogP contribution in [0.3, 0.4) is 0 Å². The Balaban J connectivity index is 1.90. The van der Waals surface area contributed by atoms with Gasteiger partial charge in [-0.05, 0) is 41.8 Å². The molecule has 2 heterocycles. The van der Waals surface area contributed by atoms with Crippen molar-refractivity contribution in [3.05, 3.63) is 92.8 Å². The van der Waals surface area contributed by atoms with E-state index in [4.69, 9.17) is 4.74 Å². The van der Waals surface area contributed by atoms with Crippen LogP contribution in [0, 0.1) is 6.92 Å². The van der Waals surface area contributed by atoms with Gasteiger partial charge in [0.2, 0.25) is 0 Å². The number of hydrogen-bond donors (Lipinski definition) is 0. The van der Waals surface area contributed by atoms with Crippen molar-refractivity contribution >= 4 is 11.0 Å². The maximum Gasteiger partial charge on any atom is 0.329 e. The Labute approximate surface area is 174 Å². The highest BCUT2D eigenvalue weighted by Crippen LogP contribution is 2.25. The Hall–Kier alpha value is -3.38. The van der Waals surface area contributed by atoms with Crippen molar-refractivity contribution in [1.82, 2.24) is 13.7 Å². The zero-order valence-corrected chi connectivity index (χ0v) is 17.5. The molecule has 154 valence electrons. The zero-order chi connectivity index (χ0) is 21.3. The molecular weight excluding hydrogens is 378 g/mol. The fourth-order valence-electron chi connectivity index (χ4n) is 3.85. The van der Waals surface area contributed by atoms with Gasteiger partial charge in [0.25, 0.3) is 5.56 Å². The summed E-state index contributed by atoms with van der Waals surface area (Å²) in [5.74, 6) is 0. The highest BCUT2D eigenvalue weighted by molar-refractivity contribution is 5.83. The second kappa shape index (κ2) is 8.16. The fraction of sp³-hybridized carbons (Fsp3) is 0.250. The van der Waals surface area contributed by atoms with Gasteiger partial charge in [0.15, 0.2) is 0 Å². The van der Waals surface area contributed by atoms with Crippen LogP contribution in [0.25, 0.3) is 22.2 Å². The van der Waals surface area contributed by atoms with E-state index < -0.39 is 0 Å². The molecule has 6 heteroatoms. The largest absolute Gasteiger partial charge is 0.383 e. The first kappa shape index (κ1) is 19.9. The second-order valence-corrected chi connectivity index (χ2v) is 7.53. The summed E-state index contributed by atoms with van der Waals surface area (Å²) >= 11 is 0. The van der Waals surface area contributed by atoms with E-state index in [0.29, 0.717) is 25.3 Å².